The lowest BCUT2D eigenvalue weighted by Gasteiger charge is -2.18. The first kappa shape index (κ1) is 20.8. The molecule has 0 amide bonds. The highest BCUT2D eigenvalue weighted by Crippen LogP contribution is 2.51. The minimum absolute atomic E-state index is 0.185. The number of hydrogen-bond donors (Lipinski definition) is 8. The first-order valence-corrected chi connectivity index (χ1v) is 9.72. The summed E-state index contributed by atoms with van der Waals surface area (Å²) in [5, 5.41) is 80.5. The molecule has 0 spiro atoms. The van der Waals surface area contributed by atoms with Gasteiger partial charge in [-0.05, 0) is 25.9 Å². The van der Waals surface area contributed by atoms with E-state index in [2.05, 4.69) is 4.98 Å². The largest absolute Gasteiger partial charge is 0.504 e. The van der Waals surface area contributed by atoms with Crippen LogP contribution in [0, 0.1) is 0 Å². The second kappa shape index (κ2) is 7.36. The number of aromatic nitrogens is 2. The van der Waals surface area contributed by atoms with Gasteiger partial charge in [-0.25, -0.2) is 4.98 Å². The number of nitrogens with zero attached hydrogens (tertiary/aromatic N) is 3. The van der Waals surface area contributed by atoms with Gasteiger partial charge in [-0.3, -0.25) is 4.90 Å². The first-order valence-electron chi connectivity index (χ1n) is 9.34. The Balaban J connectivity index is 1.96. The van der Waals surface area contributed by atoms with Crippen molar-refractivity contribution in [3.63, 3.8) is 0 Å². The van der Waals surface area contributed by atoms with Crippen molar-refractivity contribution in [2.24, 2.45) is 0 Å². The lowest BCUT2D eigenvalue weighted by molar-refractivity contribution is 0.317. The summed E-state index contributed by atoms with van der Waals surface area (Å²) < 4.78 is 1.28. The molecule has 4 rings (SSSR count). The molecule has 0 radical (unpaired) electrons. The summed E-state index contributed by atoms with van der Waals surface area (Å²) in [6.07, 6.45) is 1.94. The quantitative estimate of drug-likeness (QED) is 0.214. The minimum Gasteiger partial charge on any atom is -0.504 e. The zero-order chi connectivity index (χ0) is 22.6. The summed E-state index contributed by atoms with van der Waals surface area (Å²) in [6.45, 7) is 1.36. The Hall–Kier alpha value is -3.44. The van der Waals surface area contributed by atoms with Crippen molar-refractivity contribution >= 4 is 22.6 Å². The van der Waals surface area contributed by atoms with Gasteiger partial charge >= 0.3 is 0 Å². The number of hydrogen-bond acceptors (Lipinski definition) is 10. The van der Waals surface area contributed by atoms with Gasteiger partial charge in [0.15, 0.2) is 34.5 Å². The Morgan fingerprint density at radius 3 is 1.81 bits per heavy atom. The molecule has 1 aliphatic rings. The predicted molar refractivity (Wildman–Crippen MR) is 108 cm³/mol. The summed E-state index contributed by atoms with van der Waals surface area (Å²) in [7, 11) is 0. The van der Waals surface area contributed by atoms with Crippen LogP contribution in [0.2, 0.25) is 5.02 Å². The van der Waals surface area contributed by atoms with Crippen LogP contribution in [0.5, 0.6) is 46.0 Å². The van der Waals surface area contributed by atoms with Crippen LogP contribution < -0.4 is 0 Å². The number of rotatable bonds is 4. The van der Waals surface area contributed by atoms with E-state index in [9.17, 15) is 40.9 Å². The third-order valence-corrected chi connectivity index (χ3v) is 5.84. The summed E-state index contributed by atoms with van der Waals surface area (Å²) in [6, 6.07) is 0. The van der Waals surface area contributed by atoms with E-state index in [1.165, 1.54) is 4.57 Å². The van der Waals surface area contributed by atoms with Gasteiger partial charge in [-0.1, -0.05) is 11.6 Å². The molecule has 12 heteroatoms. The molecule has 2 aromatic carbocycles. The minimum atomic E-state index is -0.978. The van der Waals surface area contributed by atoms with Crippen LogP contribution in [-0.2, 0) is 13.1 Å². The molecule has 31 heavy (non-hydrogen) atoms. The molecule has 0 bridgehead atoms. The van der Waals surface area contributed by atoms with Crippen molar-refractivity contribution in [1.82, 2.24) is 14.5 Å². The van der Waals surface area contributed by atoms with Crippen LogP contribution in [0.4, 0.5) is 0 Å². The van der Waals surface area contributed by atoms with Crippen molar-refractivity contribution in [3.05, 3.63) is 16.4 Å². The summed E-state index contributed by atoms with van der Waals surface area (Å²) in [5.41, 5.74) is -0.745. The topological polar surface area (TPSA) is 183 Å². The Kier molecular flexibility index (Phi) is 4.94. The molecular formula is C19H20ClN3O8. The number of likely N-dealkylation sites (tertiary alicyclic amines) is 1. The Labute approximate surface area is 179 Å². The van der Waals surface area contributed by atoms with Gasteiger partial charge in [-0.2, -0.15) is 0 Å². The first-order chi connectivity index (χ1) is 14.6. The van der Waals surface area contributed by atoms with Crippen molar-refractivity contribution in [1.29, 1.82) is 0 Å². The molecule has 166 valence electrons. The smallest absolute Gasteiger partial charge is 0.206 e. The molecule has 1 aromatic heterocycles. The number of aromatic hydroxyl groups is 8. The molecule has 8 N–H and O–H groups in total. The average Bonchev–Trinajstić information content (AvgIpc) is 3.39. The normalized spacial score (nSPS) is 14.6. The molecule has 1 fully saturated rings. The summed E-state index contributed by atoms with van der Waals surface area (Å²) in [5.74, 6) is -6.53. The molecule has 0 saturated carbocycles. The van der Waals surface area contributed by atoms with E-state index in [4.69, 9.17) is 11.6 Å². The maximum Gasteiger partial charge on any atom is 0.206 e. The second-order valence-electron chi connectivity index (χ2n) is 7.38. The molecule has 0 unspecified atom stereocenters. The van der Waals surface area contributed by atoms with E-state index in [1.807, 2.05) is 4.90 Å². The monoisotopic (exact) mass is 453 g/mol. The van der Waals surface area contributed by atoms with Gasteiger partial charge < -0.3 is 45.4 Å². The highest BCUT2D eigenvalue weighted by Gasteiger charge is 2.29. The molecule has 0 atom stereocenters. The Bertz CT molecular complexity index is 1170. The molecule has 0 aliphatic carbocycles. The molecule has 11 nitrogen and oxygen atoms in total. The lowest BCUT2D eigenvalue weighted by atomic mass is 10.1. The van der Waals surface area contributed by atoms with Crippen LogP contribution in [0.25, 0.3) is 11.0 Å². The Morgan fingerprint density at radius 1 is 0.677 bits per heavy atom. The van der Waals surface area contributed by atoms with E-state index in [-0.39, 0.29) is 29.0 Å². The Morgan fingerprint density at radius 2 is 1.23 bits per heavy atom. The third-order valence-electron chi connectivity index (χ3n) is 5.48. The highest BCUT2D eigenvalue weighted by atomic mass is 35.5. The maximum atomic E-state index is 10.4. The van der Waals surface area contributed by atoms with Gasteiger partial charge in [0, 0.05) is 0 Å². The zero-order valence-corrected chi connectivity index (χ0v) is 16.8. The lowest BCUT2D eigenvalue weighted by Crippen LogP contribution is -2.21. The molecule has 1 saturated heterocycles. The number of imidazole rings is 1. The average molecular weight is 454 g/mol. The third kappa shape index (κ3) is 3.13. The van der Waals surface area contributed by atoms with Crippen LogP contribution in [0.1, 0.15) is 24.2 Å². The molecule has 3 aromatic rings. The number of benzene rings is 2. The van der Waals surface area contributed by atoms with E-state index < -0.39 is 57.6 Å². The fourth-order valence-electron chi connectivity index (χ4n) is 3.81. The SMILES string of the molecule is Oc1c(O)c(Cn2c(CN3CCCC3)nc3c(O)c(O)c(O)c(O)c32)c(O)c(O)c1Cl. The number of phenols is 8. The highest BCUT2D eigenvalue weighted by molar-refractivity contribution is 6.34. The zero-order valence-electron chi connectivity index (χ0n) is 16.0. The van der Waals surface area contributed by atoms with Gasteiger partial charge in [-0.15, -0.1) is 0 Å². The van der Waals surface area contributed by atoms with Crippen LogP contribution in [0.15, 0.2) is 0 Å². The molecule has 2 heterocycles. The van der Waals surface area contributed by atoms with Crippen LogP contribution >= 0.6 is 11.6 Å². The van der Waals surface area contributed by atoms with E-state index in [0.717, 1.165) is 25.9 Å². The number of halogens is 1. The summed E-state index contributed by atoms with van der Waals surface area (Å²) in [4.78, 5) is 6.33. The van der Waals surface area contributed by atoms with Gasteiger partial charge in [0.1, 0.15) is 21.9 Å². The van der Waals surface area contributed by atoms with Gasteiger partial charge in [0.25, 0.3) is 0 Å². The molecule has 1 aliphatic heterocycles. The number of phenolic OH excluding ortho intramolecular Hbond substituents is 8. The fourth-order valence-corrected chi connectivity index (χ4v) is 3.99. The van der Waals surface area contributed by atoms with Crippen molar-refractivity contribution in [2.75, 3.05) is 13.1 Å². The van der Waals surface area contributed by atoms with Crippen LogP contribution in [-0.4, -0.2) is 68.4 Å². The molecular weight excluding hydrogens is 434 g/mol. The predicted octanol–water partition coefficient (Wildman–Crippen LogP) is 1.98. The second-order valence-corrected chi connectivity index (χ2v) is 7.75. The van der Waals surface area contributed by atoms with Gasteiger partial charge in [0.05, 0.1) is 18.7 Å². The summed E-state index contributed by atoms with van der Waals surface area (Å²) >= 11 is 5.69. The van der Waals surface area contributed by atoms with Crippen LogP contribution in [0.3, 0.4) is 0 Å². The van der Waals surface area contributed by atoms with E-state index in [0.29, 0.717) is 0 Å². The van der Waals surface area contributed by atoms with E-state index >= 15 is 0 Å². The van der Waals surface area contributed by atoms with E-state index in [1.54, 1.807) is 0 Å². The van der Waals surface area contributed by atoms with Crippen molar-refractivity contribution < 1.29 is 40.9 Å². The standard InChI is InChI=1S/C19H20ClN3O8/c20-9-14(26)12(24)7(13(25)15(9)27)5-23-8(6-22-3-1-2-4-22)21-10-11(23)17(29)19(31)18(30)16(10)28/h24-31H,1-6H2. The maximum absolute atomic E-state index is 10.4. The van der Waals surface area contributed by atoms with Crippen molar-refractivity contribution in [3.8, 4) is 46.0 Å². The van der Waals surface area contributed by atoms with Crippen molar-refractivity contribution in [2.45, 2.75) is 25.9 Å². The van der Waals surface area contributed by atoms with Gasteiger partial charge in [0.2, 0.25) is 11.5 Å². The number of fused-ring (bicyclic) bond motifs is 1. The fraction of sp³-hybridized carbons (Fsp3) is 0.316.